The van der Waals surface area contributed by atoms with E-state index in [1.807, 2.05) is 0 Å². The Morgan fingerprint density at radius 3 is 1.44 bits per heavy atom. The number of hydrogen-bond acceptors (Lipinski definition) is 7. The fourth-order valence-corrected chi connectivity index (χ4v) is 7.80. The van der Waals surface area contributed by atoms with Crippen molar-refractivity contribution in [2.75, 3.05) is 33.0 Å². The Morgan fingerprint density at radius 1 is 0.526 bits per heavy atom. The second kappa shape index (κ2) is 46.1. The molecular weight excluding hydrogens is 734 g/mol. The number of carbonyl (C=O) groups excluding carboxylic acids is 1. The maximum Gasteiger partial charge on any atom is 0.472 e. The second-order valence-electron chi connectivity index (χ2n) is 16.3. The summed E-state index contributed by atoms with van der Waals surface area (Å²) in [6, 6.07) is 0. The summed E-state index contributed by atoms with van der Waals surface area (Å²) in [5.74, 6) is -0.329. The smallest absolute Gasteiger partial charge is 0.457 e. The first-order chi connectivity index (χ1) is 27.9. The molecule has 3 N–H and O–H groups in total. The summed E-state index contributed by atoms with van der Waals surface area (Å²) >= 11 is 0. The van der Waals surface area contributed by atoms with E-state index in [1.54, 1.807) is 0 Å². The van der Waals surface area contributed by atoms with Crippen LogP contribution in [0, 0.1) is 0 Å². The molecule has 0 amide bonds. The van der Waals surface area contributed by atoms with Crippen LogP contribution < -0.4 is 5.73 Å². The Hall–Kier alpha value is -1.02. The molecule has 2 unspecified atom stereocenters. The Kier molecular flexibility index (Phi) is 45.2. The zero-order valence-corrected chi connectivity index (χ0v) is 38.5. The molecule has 0 aromatic rings. The van der Waals surface area contributed by atoms with E-state index in [9.17, 15) is 14.3 Å². The molecular formula is C48H94NO7P. The highest BCUT2D eigenvalue weighted by Crippen LogP contribution is 2.43. The molecule has 0 aromatic carbocycles. The van der Waals surface area contributed by atoms with Gasteiger partial charge in [0.1, 0.15) is 6.10 Å². The molecule has 338 valence electrons. The van der Waals surface area contributed by atoms with E-state index in [4.69, 9.17) is 24.3 Å². The van der Waals surface area contributed by atoms with Crippen molar-refractivity contribution >= 4 is 13.8 Å². The van der Waals surface area contributed by atoms with E-state index in [-0.39, 0.29) is 32.3 Å². The van der Waals surface area contributed by atoms with Gasteiger partial charge in [-0.3, -0.25) is 13.8 Å². The predicted molar refractivity (Wildman–Crippen MR) is 243 cm³/mol. The number of ether oxygens (including phenoxy) is 2. The monoisotopic (exact) mass is 828 g/mol. The van der Waals surface area contributed by atoms with Crippen molar-refractivity contribution in [1.29, 1.82) is 0 Å². The van der Waals surface area contributed by atoms with Gasteiger partial charge < -0.3 is 20.1 Å². The Morgan fingerprint density at radius 2 is 0.965 bits per heavy atom. The third-order valence-corrected chi connectivity index (χ3v) is 11.6. The zero-order valence-electron chi connectivity index (χ0n) is 37.6. The fraction of sp³-hybridized carbons (Fsp3) is 0.896. The topological polar surface area (TPSA) is 117 Å². The summed E-state index contributed by atoms with van der Waals surface area (Å²) in [7, 11) is -4.28. The summed E-state index contributed by atoms with van der Waals surface area (Å²) < 4.78 is 33.5. The summed E-state index contributed by atoms with van der Waals surface area (Å²) in [4.78, 5) is 22.5. The SMILES string of the molecule is CCC/C=C\C/C=C\CCCCCCCCOCC(COP(=O)(O)OCCN)OC(=O)CCCCCCCCCCCCCCCCCCCCCCCCCC. The van der Waals surface area contributed by atoms with Gasteiger partial charge in [-0.05, 0) is 38.5 Å². The van der Waals surface area contributed by atoms with Crippen LogP contribution in [0.1, 0.15) is 239 Å². The second-order valence-corrected chi connectivity index (χ2v) is 17.8. The molecule has 57 heavy (non-hydrogen) atoms. The van der Waals surface area contributed by atoms with Crippen LogP contribution in [0.25, 0.3) is 0 Å². The molecule has 0 heterocycles. The summed E-state index contributed by atoms with van der Waals surface area (Å²) in [6.45, 7) is 4.88. The number of nitrogens with two attached hydrogens (primary N) is 1. The minimum Gasteiger partial charge on any atom is -0.457 e. The lowest BCUT2D eigenvalue weighted by molar-refractivity contribution is -0.154. The summed E-state index contributed by atoms with van der Waals surface area (Å²) in [5.41, 5.74) is 5.38. The van der Waals surface area contributed by atoms with Gasteiger partial charge in [-0.2, -0.15) is 0 Å². The molecule has 0 saturated heterocycles. The van der Waals surface area contributed by atoms with Gasteiger partial charge in [0.25, 0.3) is 0 Å². The number of phosphoric acid groups is 1. The van der Waals surface area contributed by atoms with Gasteiger partial charge in [-0.1, -0.05) is 218 Å². The van der Waals surface area contributed by atoms with Crippen molar-refractivity contribution in [2.45, 2.75) is 245 Å². The normalized spacial score (nSPS) is 13.5. The van der Waals surface area contributed by atoms with Gasteiger partial charge in [0.05, 0.1) is 19.8 Å². The molecule has 0 bridgehead atoms. The van der Waals surface area contributed by atoms with Crippen LogP contribution >= 0.6 is 7.82 Å². The lowest BCUT2D eigenvalue weighted by Crippen LogP contribution is -2.28. The number of unbranched alkanes of at least 4 members (excludes halogenated alkanes) is 30. The van der Waals surface area contributed by atoms with Gasteiger partial charge in [-0.15, -0.1) is 0 Å². The van der Waals surface area contributed by atoms with Crippen LogP contribution in [-0.2, 0) is 27.9 Å². The Balaban J connectivity index is 3.88. The third kappa shape index (κ3) is 45.9. The molecule has 0 radical (unpaired) electrons. The predicted octanol–water partition coefficient (Wildman–Crippen LogP) is 14.8. The summed E-state index contributed by atoms with van der Waals surface area (Å²) in [6.07, 6.45) is 52.1. The summed E-state index contributed by atoms with van der Waals surface area (Å²) in [5, 5.41) is 0. The van der Waals surface area contributed by atoms with E-state index in [1.165, 1.54) is 173 Å². The minimum atomic E-state index is -4.28. The molecule has 0 fully saturated rings. The van der Waals surface area contributed by atoms with Crippen LogP contribution in [-0.4, -0.2) is 49.9 Å². The van der Waals surface area contributed by atoms with Gasteiger partial charge >= 0.3 is 13.8 Å². The van der Waals surface area contributed by atoms with E-state index < -0.39 is 13.9 Å². The van der Waals surface area contributed by atoms with Crippen molar-refractivity contribution in [3.05, 3.63) is 24.3 Å². The van der Waals surface area contributed by atoms with Crippen LogP contribution in [0.15, 0.2) is 24.3 Å². The first-order valence-electron chi connectivity index (χ1n) is 24.3. The number of carbonyl (C=O) groups is 1. The van der Waals surface area contributed by atoms with Crippen molar-refractivity contribution in [3.8, 4) is 0 Å². The molecule has 0 saturated carbocycles. The van der Waals surface area contributed by atoms with Crippen LogP contribution in [0.2, 0.25) is 0 Å². The Labute approximate surface area is 353 Å². The Bertz CT molecular complexity index is 930. The fourth-order valence-electron chi connectivity index (χ4n) is 7.04. The maximum absolute atomic E-state index is 12.6. The molecule has 0 aliphatic rings. The number of phosphoric ester groups is 1. The first kappa shape index (κ1) is 56.0. The van der Waals surface area contributed by atoms with E-state index >= 15 is 0 Å². The number of rotatable bonds is 47. The molecule has 0 aliphatic heterocycles. The van der Waals surface area contributed by atoms with Crippen molar-refractivity contribution in [2.24, 2.45) is 5.73 Å². The maximum atomic E-state index is 12.6. The average molecular weight is 828 g/mol. The standard InChI is InChI=1S/C48H94NO7P/c1-3-5-7-9-11-13-15-17-19-20-21-22-23-24-25-26-27-28-29-31-33-35-37-39-41-48(50)56-47(46-55-57(51,52)54-44-42-49)45-53-43-40-38-36-34-32-30-18-16-14-12-10-8-6-4-2/h8,10,14,16,47H,3-7,9,11-13,15,17-46,49H2,1-2H3,(H,51,52)/b10-8-,16-14-. The van der Waals surface area contributed by atoms with Crippen molar-refractivity contribution < 1.29 is 32.8 Å². The largest absolute Gasteiger partial charge is 0.472 e. The van der Waals surface area contributed by atoms with E-state index in [0.29, 0.717) is 13.0 Å². The van der Waals surface area contributed by atoms with Gasteiger partial charge in [0, 0.05) is 19.6 Å². The van der Waals surface area contributed by atoms with Crippen LogP contribution in [0.5, 0.6) is 0 Å². The van der Waals surface area contributed by atoms with Crippen LogP contribution in [0.4, 0.5) is 0 Å². The molecule has 8 nitrogen and oxygen atoms in total. The molecule has 0 aliphatic carbocycles. The van der Waals surface area contributed by atoms with Crippen LogP contribution in [0.3, 0.4) is 0 Å². The number of esters is 1. The van der Waals surface area contributed by atoms with Crippen molar-refractivity contribution in [3.63, 3.8) is 0 Å². The third-order valence-electron chi connectivity index (χ3n) is 10.6. The lowest BCUT2D eigenvalue weighted by atomic mass is 10.0. The highest BCUT2D eigenvalue weighted by molar-refractivity contribution is 7.47. The van der Waals surface area contributed by atoms with Gasteiger partial charge in [-0.25, -0.2) is 4.57 Å². The highest BCUT2D eigenvalue weighted by Gasteiger charge is 2.25. The molecule has 0 aromatic heterocycles. The van der Waals surface area contributed by atoms with E-state index in [2.05, 4.69) is 38.2 Å². The van der Waals surface area contributed by atoms with Crippen molar-refractivity contribution in [1.82, 2.24) is 0 Å². The lowest BCUT2D eigenvalue weighted by Gasteiger charge is -2.20. The first-order valence-corrected chi connectivity index (χ1v) is 25.8. The van der Waals surface area contributed by atoms with E-state index in [0.717, 1.165) is 44.9 Å². The number of allylic oxidation sites excluding steroid dienone is 4. The average Bonchev–Trinajstić information content (AvgIpc) is 3.20. The molecule has 0 rings (SSSR count). The molecule has 0 spiro atoms. The molecule has 9 heteroatoms. The highest BCUT2D eigenvalue weighted by atomic mass is 31.2. The molecule has 2 atom stereocenters. The number of hydrogen-bond donors (Lipinski definition) is 2. The van der Waals surface area contributed by atoms with Gasteiger partial charge in [0.15, 0.2) is 0 Å². The minimum absolute atomic E-state index is 0.0955. The zero-order chi connectivity index (χ0) is 41.6. The quantitative estimate of drug-likeness (QED) is 0.0270. The van der Waals surface area contributed by atoms with Gasteiger partial charge in [0.2, 0.25) is 0 Å².